The first kappa shape index (κ1) is 12.6. The molecule has 7 heteroatoms. The maximum atomic E-state index is 10.9. The van der Waals surface area contributed by atoms with Crippen LogP contribution in [0.2, 0.25) is 0 Å². The lowest BCUT2D eigenvalue weighted by atomic mass is 9.87. The monoisotopic (exact) mass is 249 g/mol. The highest BCUT2D eigenvalue weighted by atomic mass is 16.7. The summed E-state index contributed by atoms with van der Waals surface area (Å²) in [6.07, 6.45) is -9.71. The second kappa shape index (κ2) is 4.81. The van der Waals surface area contributed by atoms with Crippen molar-refractivity contribution in [3.63, 3.8) is 0 Å². The Morgan fingerprint density at radius 1 is 1.53 bits per heavy atom. The largest absolute Gasteiger partial charge is 0.391 e. The molecule has 0 aliphatic carbocycles. The Morgan fingerprint density at radius 3 is 2.47 bits per heavy atom. The number of carbonyl (C=O) groups is 1. The molecular weight excluding hydrogens is 232 g/mol. The van der Waals surface area contributed by atoms with Crippen LogP contribution in [-0.2, 0) is 9.53 Å². The molecule has 2 unspecified atom stereocenters. The average molecular weight is 249 g/mol. The van der Waals surface area contributed by atoms with Gasteiger partial charge >= 0.3 is 0 Å². The van der Waals surface area contributed by atoms with Gasteiger partial charge < -0.3 is 30.3 Å². The first-order valence-electron chi connectivity index (χ1n) is 5.45. The molecule has 6 atom stereocenters. The average Bonchev–Trinajstić information content (AvgIpc) is 2.29. The van der Waals surface area contributed by atoms with Crippen molar-refractivity contribution < 1.29 is 36.4 Å². The van der Waals surface area contributed by atoms with Crippen LogP contribution in [0.25, 0.3) is 0 Å². The van der Waals surface area contributed by atoms with Gasteiger partial charge in [0.25, 0.3) is 0 Å². The van der Waals surface area contributed by atoms with E-state index in [-0.39, 0.29) is 0 Å². The van der Waals surface area contributed by atoms with Crippen LogP contribution in [0.1, 0.15) is 8.29 Å². The van der Waals surface area contributed by atoms with Crippen molar-refractivity contribution >= 4 is 6.26 Å². The van der Waals surface area contributed by atoms with E-state index in [1.54, 1.807) is 0 Å². The van der Waals surface area contributed by atoms with E-state index in [1.807, 2.05) is 0 Å². The molecule has 17 heavy (non-hydrogen) atoms. The van der Waals surface area contributed by atoms with Crippen molar-refractivity contribution in [3.8, 4) is 0 Å². The second-order valence-electron chi connectivity index (χ2n) is 4.03. The van der Waals surface area contributed by atoms with Crippen LogP contribution in [-0.4, -0.2) is 68.1 Å². The molecule has 0 radical (unpaired) electrons. The van der Waals surface area contributed by atoms with Crippen LogP contribution in [0, 0.1) is 0 Å². The molecule has 1 aliphatic heterocycles. The molecule has 0 spiro atoms. The van der Waals surface area contributed by atoms with Gasteiger partial charge in [-0.3, -0.25) is 4.79 Å². The topological polar surface area (TPSA) is 127 Å². The third-order valence-corrected chi connectivity index (χ3v) is 2.76. The van der Waals surface area contributed by atoms with Crippen LogP contribution in [0.4, 0.5) is 0 Å². The van der Waals surface area contributed by atoms with Crippen LogP contribution < -0.4 is 0 Å². The Labute approximate surface area is 99.0 Å². The Morgan fingerprint density at radius 2 is 2.06 bits per heavy atom. The molecule has 98 valence electrons. The Hall–Kier alpha value is -0.830. The molecule has 1 fully saturated rings. The predicted octanol–water partition coefficient (Wildman–Crippen LogP) is -2.71. The highest BCUT2D eigenvalue weighted by molar-refractivity contribution is 5.75. The van der Waals surface area contributed by atoms with E-state index < -0.39 is 48.1 Å². The summed E-state index contributed by atoms with van der Waals surface area (Å²) < 4.78 is 11.7. The number of hydrogen-bond acceptors (Lipinski definition) is 7. The molecule has 0 saturated carbocycles. The van der Waals surface area contributed by atoms with E-state index in [2.05, 4.69) is 6.58 Å². The van der Waals surface area contributed by atoms with Crippen LogP contribution in [0.3, 0.4) is 0 Å². The molecule has 0 bridgehead atoms. The van der Waals surface area contributed by atoms with Gasteiger partial charge in [-0.25, -0.2) is 0 Å². The van der Waals surface area contributed by atoms with Gasteiger partial charge in [0, 0.05) is 5.57 Å². The third-order valence-electron chi connectivity index (χ3n) is 2.76. The molecule has 1 saturated heterocycles. The van der Waals surface area contributed by atoms with Crippen molar-refractivity contribution in [2.24, 2.45) is 0 Å². The zero-order valence-electron chi connectivity index (χ0n) is 10.1. The normalized spacial score (nSPS) is 44.9. The molecule has 0 amide bonds. The van der Waals surface area contributed by atoms with E-state index in [0.717, 1.165) is 0 Å². The Bertz CT molecular complexity index is 358. The molecule has 0 aromatic carbocycles. The van der Waals surface area contributed by atoms with Gasteiger partial charge in [-0.2, -0.15) is 0 Å². The standard InChI is InChI=1S/C10H16O7/c1-4(3-11)10(16)9(15)7(14)6(13)8(17-10)5(2)12/h3,5-9,12-16H,1H2,2H3/t5?,6-,7+,8-,9-,10?/m1/s1/i3D. The van der Waals surface area contributed by atoms with Gasteiger partial charge in [-0.05, 0) is 6.92 Å². The second-order valence-corrected chi connectivity index (χ2v) is 4.03. The SMILES string of the molecule is [2H]C(=O)C(=C)C1(O)O[C@H](C(C)O)[C@H](O)[C@H](O)[C@H]1O. The molecular formula is C10H16O7. The number of carbonyl (C=O) groups excluding carboxylic acids is 1. The minimum Gasteiger partial charge on any atom is -0.391 e. The van der Waals surface area contributed by atoms with Crippen LogP contribution in [0.15, 0.2) is 12.2 Å². The van der Waals surface area contributed by atoms with E-state index in [4.69, 9.17) is 6.11 Å². The summed E-state index contributed by atoms with van der Waals surface area (Å²) in [5.74, 6) is -2.72. The fraction of sp³-hybridized carbons (Fsp3) is 0.700. The molecule has 1 aliphatic rings. The molecule has 7 nitrogen and oxygen atoms in total. The summed E-state index contributed by atoms with van der Waals surface area (Å²) >= 11 is 0. The Kier molecular flexibility index (Phi) is 3.57. The Balaban J connectivity index is 3.12. The summed E-state index contributed by atoms with van der Waals surface area (Å²) in [6.45, 7) is 4.33. The lowest BCUT2D eigenvalue weighted by Crippen LogP contribution is -2.67. The fourth-order valence-corrected chi connectivity index (χ4v) is 1.67. The molecule has 1 rings (SSSR count). The maximum Gasteiger partial charge on any atom is 0.225 e. The summed E-state index contributed by atoms with van der Waals surface area (Å²) in [7, 11) is 0. The summed E-state index contributed by atoms with van der Waals surface area (Å²) in [5, 5.41) is 48.1. The number of aliphatic hydroxyl groups excluding tert-OH is 4. The van der Waals surface area contributed by atoms with Crippen LogP contribution >= 0.6 is 0 Å². The fourth-order valence-electron chi connectivity index (χ4n) is 1.67. The van der Waals surface area contributed by atoms with E-state index >= 15 is 0 Å². The first-order valence-corrected chi connectivity index (χ1v) is 4.95. The highest BCUT2D eigenvalue weighted by Crippen LogP contribution is 2.33. The minimum absolute atomic E-state index is 0.799. The van der Waals surface area contributed by atoms with Gasteiger partial charge in [-0.15, -0.1) is 0 Å². The van der Waals surface area contributed by atoms with Crippen molar-refractivity contribution in [2.75, 3.05) is 0 Å². The van der Waals surface area contributed by atoms with Crippen molar-refractivity contribution in [1.29, 1.82) is 0 Å². The van der Waals surface area contributed by atoms with Crippen molar-refractivity contribution in [2.45, 2.75) is 43.2 Å². The highest BCUT2D eigenvalue weighted by Gasteiger charge is 2.55. The first-order chi connectivity index (χ1) is 8.12. The number of rotatable bonds is 3. The number of hydrogen-bond donors (Lipinski definition) is 5. The number of aliphatic hydroxyl groups is 5. The lowest BCUT2D eigenvalue weighted by molar-refractivity contribution is -0.337. The molecule has 5 N–H and O–H groups in total. The predicted molar refractivity (Wildman–Crippen MR) is 54.7 cm³/mol. The minimum atomic E-state index is -2.72. The zero-order valence-corrected chi connectivity index (χ0v) is 9.15. The van der Waals surface area contributed by atoms with E-state index in [1.165, 1.54) is 6.92 Å². The van der Waals surface area contributed by atoms with Crippen molar-refractivity contribution in [1.82, 2.24) is 0 Å². The van der Waals surface area contributed by atoms with Gasteiger partial charge in [0.1, 0.15) is 25.8 Å². The van der Waals surface area contributed by atoms with Gasteiger partial charge in [0.15, 0.2) is 6.26 Å². The zero-order chi connectivity index (χ0) is 14.2. The van der Waals surface area contributed by atoms with Gasteiger partial charge in [0.2, 0.25) is 5.79 Å². The van der Waals surface area contributed by atoms with Gasteiger partial charge in [-0.1, -0.05) is 6.58 Å². The summed E-state index contributed by atoms with van der Waals surface area (Å²) in [4.78, 5) is 10.9. The molecule has 0 aromatic heterocycles. The van der Waals surface area contributed by atoms with Crippen LogP contribution in [0.5, 0.6) is 0 Å². The summed E-state index contributed by atoms with van der Waals surface area (Å²) in [5.41, 5.74) is -0.799. The maximum absolute atomic E-state index is 10.9. The summed E-state index contributed by atoms with van der Waals surface area (Å²) in [6, 6.07) is 0. The van der Waals surface area contributed by atoms with E-state index in [9.17, 15) is 30.3 Å². The number of ether oxygens (including phenoxy) is 1. The molecule has 0 aromatic rings. The quantitative estimate of drug-likeness (QED) is 0.272. The van der Waals surface area contributed by atoms with E-state index in [0.29, 0.717) is 0 Å². The van der Waals surface area contributed by atoms with Gasteiger partial charge in [0.05, 0.1) is 6.10 Å². The number of aldehydes is 1. The smallest absolute Gasteiger partial charge is 0.225 e. The molecule has 1 heterocycles. The third kappa shape index (κ3) is 2.25. The lowest BCUT2D eigenvalue weighted by Gasteiger charge is -2.46. The van der Waals surface area contributed by atoms with Crippen molar-refractivity contribution in [3.05, 3.63) is 12.2 Å².